The zero-order valence-electron chi connectivity index (χ0n) is 11.9. The highest BCUT2D eigenvalue weighted by Gasteiger charge is 2.11. The van der Waals surface area contributed by atoms with Gasteiger partial charge in [0.1, 0.15) is 17.8 Å². The maximum absolute atomic E-state index is 12.9. The Hall–Kier alpha value is -3.22. The fourth-order valence-electron chi connectivity index (χ4n) is 2.33. The molecule has 0 fully saturated rings. The number of hydrogen-bond donors (Lipinski definition) is 0. The molecule has 0 saturated carbocycles. The van der Waals surface area contributed by atoms with E-state index < -0.39 is 0 Å². The van der Waals surface area contributed by atoms with Crippen molar-refractivity contribution in [2.45, 2.75) is 6.54 Å². The average Bonchev–Trinajstić information content (AvgIpc) is 3.15. The number of fused-ring (bicyclic) bond motifs is 1. The lowest BCUT2D eigenvalue weighted by Gasteiger charge is -1.95. The molecule has 0 aliphatic heterocycles. The molecule has 0 N–H and O–H groups in total. The van der Waals surface area contributed by atoms with Gasteiger partial charge in [0.2, 0.25) is 5.89 Å². The highest BCUT2D eigenvalue weighted by Crippen LogP contribution is 2.19. The van der Waals surface area contributed by atoms with Gasteiger partial charge in [0.05, 0.1) is 6.54 Å². The zero-order valence-corrected chi connectivity index (χ0v) is 11.9. The standard InChI is InChI=1S/C16H11FN4O2/c17-12-6-4-11(5-7-12)15-18-13(10-23-15)9-21-16(22)20-8-2-1-3-14(20)19-21/h1-8,10H,9H2. The molecule has 114 valence electrons. The van der Waals surface area contributed by atoms with Crippen molar-refractivity contribution in [1.82, 2.24) is 19.2 Å². The molecule has 6 nitrogen and oxygen atoms in total. The average molecular weight is 310 g/mol. The van der Waals surface area contributed by atoms with Crippen LogP contribution < -0.4 is 5.69 Å². The number of benzene rings is 1. The van der Waals surface area contributed by atoms with Gasteiger partial charge in [0, 0.05) is 11.8 Å². The SMILES string of the molecule is O=c1n(Cc2coc(-c3ccc(F)cc3)n2)nc2ccccn12. The second-order valence-corrected chi connectivity index (χ2v) is 5.02. The molecule has 0 amide bonds. The van der Waals surface area contributed by atoms with E-state index >= 15 is 0 Å². The van der Waals surface area contributed by atoms with E-state index in [0.29, 0.717) is 22.8 Å². The van der Waals surface area contributed by atoms with Crippen molar-refractivity contribution in [3.63, 3.8) is 0 Å². The molecule has 23 heavy (non-hydrogen) atoms. The van der Waals surface area contributed by atoms with E-state index in [2.05, 4.69) is 10.1 Å². The van der Waals surface area contributed by atoms with Crippen molar-refractivity contribution in [1.29, 1.82) is 0 Å². The minimum absolute atomic E-state index is 0.200. The first kappa shape index (κ1) is 13.4. The number of rotatable bonds is 3. The summed E-state index contributed by atoms with van der Waals surface area (Å²) < 4.78 is 21.1. The zero-order chi connectivity index (χ0) is 15.8. The second kappa shape index (κ2) is 5.20. The Morgan fingerprint density at radius 3 is 2.74 bits per heavy atom. The fourth-order valence-corrected chi connectivity index (χ4v) is 2.33. The molecule has 7 heteroatoms. The molecular weight excluding hydrogens is 299 g/mol. The van der Waals surface area contributed by atoms with Crippen molar-refractivity contribution in [3.8, 4) is 11.5 Å². The van der Waals surface area contributed by atoms with Gasteiger partial charge in [-0.15, -0.1) is 5.10 Å². The lowest BCUT2D eigenvalue weighted by atomic mass is 10.2. The molecule has 0 aliphatic rings. The molecule has 3 heterocycles. The quantitative estimate of drug-likeness (QED) is 0.582. The van der Waals surface area contributed by atoms with Crippen LogP contribution in [0.2, 0.25) is 0 Å². The molecule has 0 atom stereocenters. The van der Waals surface area contributed by atoms with Gasteiger partial charge in [0.15, 0.2) is 5.65 Å². The molecule has 0 aliphatic carbocycles. The van der Waals surface area contributed by atoms with Crippen LogP contribution >= 0.6 is 0 Å². The summed E-state index contributed by atoms with van der Waals surface area (Å²) in [5, 5.41) is 4.24. The number of pyridine rings is 1. The van der Waals surface area contributed by atoms with Crippen molar-refractivity contribution in [2.75, 3.05) is 0 Å². The Bertz CT molecular complexity index is 1030. The molecule has 3 aromatic heterocycles. The lowest BCUT2D eigenvalue weighted by molar-refractivity contribution is 0.568. The van der Waals surface area contributed by atoms with E-state index in [-0.39, 0.29) is 18.1 Å². The van der Waals surface area contributed by atoms with Gasteiger partial charge >= 0.3 is 5.69 Å². The number of nitrogens with zero attached hydrogens (tertiary/aromatic N) is 4. The van der Waals surface area contributed by atoms with Gasteiger partial charge in [-0.1, -0.05) is 6.07 Å². The molecule has 0 spiro atoms. The molecule has 0 unspecified atom stereocenters. The fraction of sp³-hybridized carbons (Fsp3) is 0.0625. The van der Waals surface area contributed by atoms with Crippen LogP contribution in [-0.2, 0) is 6.54 Å². The first-order chi connectivity index (χ1) is 11.2. The van der Waals surface area contributed by atoms with Crippen LogP contribution in [-0.4, -0.2) is 19.2 Å². The van der Waals surface area contributed by atoms with E-state index in [1.54, 1.807) is 30.5 Å². The Morgan fingerprint density at radius 2 is 1.96 bits per heavy atom. The molecule has 1 aromatic carbocycles. The second-order valence-electron chi connectivity index (χ2n) is 5.02. The van der Waals surface area contributed by atoms with E-state index in [0.717, 1.165) is 0 Å². The summed E-state index contributed by atoms with van der Waals surface area (Å²) in [7, 11) is 0. The first-order valence-corrected chi connectivity index (χ1v) is 6.95. The van der Waals surface area contributed by atoms with Crippen LogP contribution in [0.25, 0.3) is 17.1 Å². The minimum atomic E-state index is -0.322. The molecule has 4 aromatic rings. The largest absolute Gasteiger partial charge is 0.444 e. The monoisotopic (exact) mass is 310 g/mol. The summed E-state index contributed by atoms with van der Waals surface area (Å²) in [6.07, 6.45) is 3.13. The summed E-state index contributed by atoms with van der Waals surface area (Å²) >= 11 is 0. The van der Waals surface area contributed by atoms with Gasteiger partial charge < -0.3 is 4.42 Å². The van der Waals surface area contributed by atoms with E-state index in [4.69, 9.17) is 4.42 Å². The highest BCUT2D eigenvalue weighted by atomic mass is 19.1. The maximum atomic E-state index is 12.9. The lowest BCUT2D eigenvalue weighted by Crippen LogP contribution is -2.21. The Morgan fingerprint density at radius 1 is 1.13 bits per heavy atom. The van der Waals surface area contributed by atoms with Gasteiger partial charge in [-0.3, -0.25) is 4.40 Å². The third kappa shape index (κ3) is 2.42. The summed E-state index contributed by atoms with van der Waals surface area (Å²) in [5.41, 5.74) is 1.56. The predicted octanol–water partition coefficient (Wildman–Crippen LogP) is 2.34. The third-order valence-electron chi connectivity index (χ3n) is 3.44. The summed E-state index contributed by atoms with van der Waals surface area (Å²) in [6, 6.07) is 11.2. The van der Waals surface area contributed by atoms with Crippen molar-refractivity contribution >= 4 is 5.65 Å². The smallest absolute Gasteiger partial charge is 0.350 e. The number of oxazole rings is 1. The molecular formula is C16H11FN4O2. The van der Waals surface area contributed by atoms with Crippen LogP contribution in [0.5, 0.6) is 0 Å². The minimum Gasteiger partial charge on any atom is -0.444 e. The highest BCUT2D eigenvalue weighted by molar-refractivity contribution is 5.52. The van der Waals surface area contributed by atoms with Crippen LogP contribution in [0.15, 0.2) is 64.1 Å². The number of hydrogen-bond acceptors (Lipinski definition) is 4. The predicted molar refractivity (Wildman–Crippen MR) is 80.5 cm³/mol. The molecule has 4 rings (SSSR count). The van der Waals surface area contributed by atoms with Crippen molar-refractivity contribution < 1.29 is 8.81 Å². The molecule has 0 saturated heterocycles. The Labute approximate surface area is 129 Å². The van der Waals surface area contributed by atoms with E-state index in [9.17, 15) is 9.18 Å². The number of aromatic nitrogens is 4. The number of halogens is 1. The van der Waals surface area contributed by atoms with Crippen LogP contribution in [0.4, 0.5) is 4.39 Å². The Balaban J connectivity index is 1.65. The van der Waals surface area contributed by atoms with Crippen LogP contribution in [0, 0.1) is 5.82 Å². The molecule has 0 radical (unpaired) electrons. The van der Waals surface area contributed by atoms with Gasteiger partial charge in [-0.05, 0) is 36.4 Å². The summed E-state index contributed by atoms with van der Waals surface area (Å²) in [5.74, 6) is 0.0496. The van der Waals surface area contributed by atoms with Gasteiger partial charge in [0.25, 0.3) is 0 Å². The Kier molecular flexibility index (Phi) is 3.04. The normalized spacial score (nSPS) is 11.2. The van der Waals surface area contributed by atoms with E-state index in [1.165, 1.54) is 27.5 Å². The summed E-state index contributed by atoms with van der Waals surface area (Å²) in [6.45, 7) is 0.200. The van der Waals surface area contributed by atoms with E-state index in [1.807, 2.05) is 6.07 Å². The first-order valence-electron chi connectivity index (χ1n) is 6.95. The van der Waals surface area contributed by atoms with Gasteiger partial charge in [-0.2, -0.15) is 0 Å². The maximum Gasteiger partial charge on any atom is 0.350 e. The summed E-state index contributed by atoms with van der Waals surface area (Å²) in [4.78, 5) is 16.5. The van der Waals surface area contributed by atoms with Crippen LogP contribution in [0.3, 0.4) is 0 Å². The van der Waals surface area contributed by atoms with Gasteiger partial charge in [-0.25, -0.2) is 18.9 Å². The van der Waals surface area contributed by atoms with Crippen LogP contribution in [0.1, 0.15) is 5.69 Å². The topological polar surface area (TPSA) is 65.3 Å². The van der Waals surface area contributed by atoms with Crippen molar-refractivity contribution in [3.05, 3.63) is 76.9 Å². The third-order valence-corrected chi connectivity index (χ3v) is 3.44. The molecule has 0 bridgehead atoms. The van der Waals surface area contributed by atoms with Crippen molar-refractivity contribution in [2.24, 2.45) is 0 Å².